The Morgan fingerprint density at radius 3 is 1.31 bits per heavy atom. The van der Waals surface area contributed by atoms with Crippen molar-refractivity contribution in [3.05, 3.63) is 108 Å². The molecule has 0 aliphatic heterocycles. The van der Waals surface area contributed by atoms with E-state index in [1.807, 2.05) is 0 Å². The Morgan fingerprint density at radius 2 is 0.800 bits per heavy atom. The molecule has 0 aromatic heterocycles. The molecule has 35 heavy (non-hydrogen) atoms. The standard InChI is InChI=1S/C32H45N3/c1-4-14-30(15-5-1)20-10-23-33-25-13-28-35(27-12-22-32-18-8-3-9-19-32)29-26-34-24-11-21-31-16-6-2-7-17-31/h1-9,14-19,33-34H,10-13,20-29H2. The summed E-state index contributed by atoms with van der Waals surface area (Å²) in [5, 5.41) is 7.32. The molecule has 3 aromatic rings. The van der Waals surface area contributed by atoms with Crippen LogP contribution in [0.1, 0.15) is 42.4 Å². The molecule has 0 aliphatic carbocycles. The Labute approximate surface area is 214 Å². The Balaban J connectivity index is 1.27. The molecule has 3 aromatic carbocycles. The van der Waals surface area contributed by atoms with E-state index in [-0.39, 0.29) is 0 Å². The molecule has 0 spiro atoms. The zero-order valence-corrected chi connectivity index (χ0v) is 21.5. The first-order valence-electron chi connectivity index (χ1n) is 13.7. The van der Waals surface area contributed by atoms with Gasteiger partial charge in [0.1, 0.15) is 0 Å². The average Bonchev–Trinajstić information content (AvgIpc) is 2.91. The van der Waals surface area contributed by atoms with E-state index in [4.69, 9.17) is 0 Å². The summed E-state index contributed by atoms with van der Waals surface area (Å²) >= 11 is 0. The van der Waals surface area contributed by atoms with Gasteiger partial charge in [0.25, 0.3) is 0 Å². The van der Waals surface area contributed by atoms with Crippen LogP contribution in [0, 0.1) is 0 Å². The Morgan fingerprint density at radius 1 is 0.400 bits per heavy atom. The van der Waals surface area contributed by atoms with Crippen molar-refractivity contribution >= 4 is 0 Å². The molecule has 2 N–H and O–H groups in total. The molecule has 0 aliphatic rings. The second-order valence-corrected chi connectivity index (χ2v) is 9.46. The summed E-state index contributed by atoms with van der Waals surface area (Å²) in [6, 6.07) is 32.5. The molecule has 3 heteroatoms. The van der Waals surface area contributed by atoms with E-state index in [1.165, 1.54) is 61.9 Å². The van der Waals surface area contributed by atoms with Gasteiger partial charge in [-0.1, -0.05) is 91.0 Å². The summed E-state index contributed by atoms with van der Waals surface area (Å²) < 4.78 is 0. The fourth-order valence-electron chi connectivity index (χ4n) is 4.53. The van der Waals surface area contributed by atoms with Crippen LogP contribution in [-0.4, -0.2) is 50.7 Å². The Kier molecular flexibility index (Phi) is 13.9. The van der Waals surface area contributed by atoms with Crippen LogP contribution in [0.15, 0.2) is 91.0 Å². The lowest BCUT2D eigenvalue weighted by Crippen LogP contribution is -2.35. The average molecular weight is 472 g/mol. The largest absolute Gasteiger partial charge is 0.317 e. The number of nitrogens with one attached hydrogen (secondary N) is 2. The maximum atomic E-state index is 3.67. The molecule has 3 nitrogen and oxygen atoms in total. The van der Waals surface area contributed by atoms with Gasteiger partial charge >= 0.3 is 0 Å². The molecule has 0 bridgehead atoms. The van der Waals surface area contributed by atoms with Crippen LogP contribution in [0.4, 0.5) is 0 Å². The highest BCUT2D eigenvalue weighted by Crippen LogP contribution is 2.05. The van der Waals surface area contributed by atoms with Crippen molar-refractivity contribution in [2.45, 2.75) is 44.9 Å². The zero-order valence-electron chi connectivity index (χ0n) is 21.5. The predicted octanol–water partition coefficient (Wildman–Crippen LogP) is 5.76. The highest BCUT2D eigenvalue weighted by atomic mass is 15.1. The van der Waals surface area contributed by atoms with E-state index in [2.05, 4.69) is 107 Å². The number of rotatable bonds is 19. The first-order valence-corrected chi connectivity index (χ1v) is 13.7. The predicted molar refractivity (Wildman–Crippen MR) is 151 cm³/mol. The molecule has 0 heterocycles. The third-order valence-corrected chi connectivity index (χ3v) is 6.54. The van der Waals surface area contributed by atoms with Gasteiger partial charge in [0.2, 0.25) is 0 Å². The smallest absolute Gasteiger partial charge is 0.0107 e. The molecule has 0 amide bonds. The van der Waals surface area contributed by atoms with Crippen LogP contribution in [0.25, 0.3) is 0 Å². The van der Waals surface area contributed by atoms with Gasteiger partial charge in [0.15, 0.2) is 0 Å². The first-order chi connectivity index (χ1) is 17.4. The number of benzene rings is 3. The van der Waals surface area contributed by atoms with Crippen molar-refractivity contribution in [2.24, 2.45) is 0 Å². The van der Waals surface area contributed by atoms with E-state index < -0.39 is 0 Å². The molecule has 0 atom stereocenters. The number of hydrogen-bond acceptors (Lipinski definition) is 3. The summed E-state index contributed by atoms with van der Waals surface area (Å²) in [5.41, 5.74) is 4.33. The van der Waals surface area contributed by atoms with Gasteiger partial charge in [0.05, 0.1) is 0 Å². The van der Waals surface area contributed by atoms with Gasteiger partial charge < -0.3 is 15.5 Å². The van der Waals surface area contributed by atoms with Crippen molar-refractivity contribution in [2.75, 3.05) is 45.8 Å². The van der Waals surface area contributed by atoms with Crippen molar-refractivity contribution in [3.63, 3.8) is 0 Å². The summed E-state index contributed by atoms with van der Waals surface area (Å²) in [6.07, 6.45) is 8.33. The number of aryl methyl sites for hydroxylation is 3. The molecule has 188 valence electrons. The van der Waals surface area contributed by atoms with Crippen LogP contribution in [0.3, 0.4) is 0 Å². The summed E-state index contributed by atoms with van der Waals surface area (Å²) in [6.45, 7) is 7.86. The number of hydrogen-bond donors (Lipinski definition) is 2. The van der Waals surface area contributed by atoms with E-state index in [9.17, 15) is 0 Å². The van der Waals surface area contributed by atoms with Gasteiger partial charge in [-0.25, -0.2) is 0 Å². The van der Waals surface area contributed by atoms with Gasteiger partial charge in [-0.15, -0.1) is 0 Å². The summed E-state index contributed by atoms with van der Waals surface area (Å²) in [5.74, 6) is 0. The molecule has 0 saturated heterocycles. The maximum absolute atomic E-state index is 3.67. The van der Waals surface area contributed by atoms with E-state index in [0.717, 1.165) is 45.6 Å². The second-order valence-electron chi connectivity index (χ2n) is 9.46. The first kappa shape index (κ1) is 27.1. The van der Waals surface area contributed by atoms with Gasteiger partial charge in [-0.05, 0) is 94.4 Å². The van der Waals surface area contributed by atoms with Crippen molar-refractivity contribution in [3.8, 4) is 0 Å². The third-order valence-electron chi connectivity index (χ3n) is 6.54. The molecule has 0 saturated carbocycles. The minimum absolute atomic E-state index is 1.07. The van der Waals surface area contributed by atoms with Crippen LogP contribution in [-0.2, 0) is 19.3 Å². The van der Waals surface area contributed by atoms with Crippen LogP contribution < -0.4 is 10.6 Å². The summed E-state index contributed by atoms with van der Waals surface area (Å²) in [4.78, 5) is 2.65. The second kappa shape index (κ2) is 17.9. The fraction of sp³-hybridized carbons (Fsp3) is 0.438. The Hall–Kier alpha value is -2.46. The minimum atomic E-state index is 1.07. The molecular formula is C32H45N3. The highest BCUT2D eigenvalue weighted by molar-refractivity contribution is 5.16. The molecule has 3 rings (SSSR count). The lowest BCUT2D eigenvalue weighted by atomic mass is 10.1. The zero-order chi connectivity index (χ0) is 24.2. The monoisotopic (exact) mass is 471 g/mol. The molecule has 0 fully saturated rings. The van der Waals surface area contributed by atoms with E-state index >= 15 is 0 Å². The quantitative estimate of drug-likeness (QED) is 0.218. The third kappa shape index (κ3) is 12.7. The SMILES string of the molecule is c1ccc(CCCNCCCN(CCCc2ccccc2)CCNCCCc2ccccc2)cc1. The Bertz CT molecular complexity index is 867. The number of nitrogens with zero attached hydrogens (tertiary/aromatic N) is 1. The minimum Gasteiger partial charge on any atom is -0.317 e. The van der Waals surface area contributed by atoms with Crippen molar-refractivity contribution in [1.82, 2.24) is 15.5 Å². The molecule has 0 radical (unpaired) electrons. The van der Waals surface area contributed by atoms with Gasteiger partial charge in [-0.3, -0.25) is 0 Å². The van der Waals surface area contributed by atoms with Crippen molar-refractivity contribution < 1.29 is 0 Å². The van der Waals surface area contributed by atoms with Crippen LogP contribution in [0.2, 0.25) is 0 Å². The van der Waals surface area contributed by atoms with E-state index in [0.29, 0.717) is 0 Å². The summed E-state index contributed by atoms with van der Waals surface area (Å²) in [7, 11) is 0. The maximum Gasteiger partial charge on any atom is 0.0107 e. The van der Waals surface area contributed by atoms with Crippen LogP contribution >= 0.6 is 0 Å². The normalized spacial score (nSPS) is 11.2. The van der Waals surface area contributed by atoms with Crippen molar-refractivity contribution in [1.29, 1.82) is 0 Å². The highest BCUT2D eigenvalue weighted by Gasteiger charge is 2.05. The lowest BCUT2D eigenvalue weighted by Gasteiger charge is -2.23. The van der Waals surface area contributed by atoms with Crippen LogP contribution in [0.5, 0.6) is 0 Å². The molecule has 0 unspecified atom stereocenters. The van der Waals surface area contributed by atoms with E-state index in [1.54, 1.807) is 0 Å². The lowest BCUT2D eigenvalue weighted by molar-refractivity contribution is 0.265. The topological polar surface area (TPSA) is 27.3 Å². The van der Waals surface area contributed by atoms with Gasteiger partial charge in [0, 0.05) is 13.1 Å². The molecular weight excluding hydrogens is 426 g/mol. The van der Waals surface area contributed by atoms with Gasteiger partial charge in [-0.2, -0.15) is 0 Å². The fourth-order valence-corrected chi connectivity index (χ4v) is 4.53.